The maximum atomic E-state index is 4.63. The second kappa shape index (κ2) is 5.10. The lowest BCUT2D eigenvalue weighted by atomic mass is 10.1. The Balaban J connectivity index is 1.94. The molecule has 1 N–H and O–H groups in total. The molecule has 0 radical (unpaired) electrons. The summed E-state index contributed by atoms with van der Waals surface area (Å²) in [6.07, 6.45) is 0. The molecule has 0 aliphatic heterocycles. The summed E-state index contributed by atoms with van der Waals surface area (Å²) >= 11 is 0. The number of hydrogen-bond acceptors (Lipinski definition) is 2. The van der Waals surface area contributed by atoms with Crippen molar-refractivity contribution in [3.05, 3.63) is 54.1 Å². The summed E-state index contributed by atoms with van der Waals surface area (Å²) in [4.78, 5) is 10.2. The molecule has 0 saturated heterocycles. The molecule has 0 fully saturated rings. The minimum absolute atomic E-state index is 0.416. The van der Waals surface area contributed by atoms with Crippen LogP contribution in [0.15, 0.2) is 48.5 Å². The number of aromatic nitrogens is 2. The molecule has 0 spiro atoms. The zero-order valence-electron chi connectivity index (χ0n) is 12.1. The van der Waals surface area contributed by atoms with Crippen molar-refractivity contribution >= 4 is 11.0 Å². The van der Waals surface area contributed by atoms with Gasteiger partial charge in [-0.2, -0.15) is 0 Å². The smallest absolute Gasteiger partial charge is 0.138 e. The van der Waals surface area contributed by atoms with Gasteiger partial charge < -0.3 is 9.88 Å². The van der Waals surface area contributed by atoms with Crippen LogP contribution in [0.5, 0.6) is 0 Å². The Bertz CT molecular complexity index is 677. The molecule has 3 heteroatoms. The van der Waals surface area contributed by atoms with Gasteiger partial charge in [-0.3, -0.25) is 0 Å². The first-order chi connectivity index (χ1) is 9.65. The van der Waals surface area contributed by atoms with Gasteiger partial charge in [-0.15, -0.1) is 0 Å². The van der Waals surface area contributed by atoms with E-state index < -0.39 is 0 Å². The van der Waals surface area contributed by atoms with Gasteiger partial charge in [0.15, 0.2) is 0 Å². The van der Waals surface area contributed by atoms with Gasteiger partial charge in [0.2, 0.25) is 0 Å². The van der Waals surface area contributed by atoms with Crippen molar-refractivity contribution in [1.29, 1.82) is 0 Å². The number of fused-ring (bicyclic) bond motifs is 1. The van der Waals surface area contributed by atoms with Gasteiger partial charge in [-0.1, -0.05) is 36.4 Å². The molecule has 1 atom stereocenters. The van der Waals surface area contributed by atoms with Gasteiger partial charge in [0.05, 0.1) is 11.0 Å². The van der Waals surface area contributed by atoms with Crippen LogP contribution in [0.4, 0.5) is 0 Å². The molecule has 3 nitrogen and oxygen atoms in total. The van der Waals surface area contributed by atoms with E-state index in [9.17, 15) is 0 Å². The van der Waals surface area contributed by atoms with Crippen molar-refractivity contribution in [1.82, 2.24) is 14.9 Å². The lowest BCUT2D eigenvalue weighted by Gasteiger charge is -2.20. The lowest BCUT2D eigenvalue weighted by molar-refractivity contribution is 0.321. The summed E-state index contributed by atoms with van der Waals surface area (Å²) < 4.78 is 0. The Morgan fingerprint density at radius 1 is 1.00 bits per heavy atom. The van der Waals surface area contributed by atoms with Crippen LogP contribution < -0.4 is 0 Å². The van der Waals surface area contributed by atoms with Gasteiger partial charge in [-0.05, 0) is 38.7 Å². The highest BCUT2D eigenvalue weighted by Crippen LogP contribution is 2.23. The number of nitrogens with zero attached hydrogens (tertiary/aromatic N) is 2. The Hall–Kier alpha value is -2.13. The maximum absolute atomic E-state index is 4.63. The number of hydrogen-bond donors (Lipinski definition) is 1. The average molecular weight is 265 g/mol. The van der Waals surface area contributed by atoms with Gasteiger partial charge >= 0.3 is 0 Å². The molecule has 20 heavy (non-hydrogen) atoms. The fourth-order valence-electron chi connectivity index (χ4n) is 2.31. The van der Waals surface area contributed by atoms with E-state index in [1.54, 1.807) is 0 Å². The summed E-state index contributed by atoms with van der Waals surface area (Å²) in [5, 5.41) is 0. The quantitative estimate of drug-likeness (QED) is 0.780. The first-order valence-corrected chi connectivity index (χ1v) is 6.86. The highest BCUT2D eigenvalue weighted by Gasteiger charge is 2.09. The normalized spacial score (nSPS) is 13.0. The lowest BCUT2D eigenvalue weighted by Crippen LogP contribution is -2.16. The molecule has 0 unspecified atom stereocenters. The molecule has 0 aliphatic rings. The third-order valence-corrected chi connectivity index (χ3v) is 3.83. The van der Waals surface area contributed by atoms with Crippen LogP contribution in [-0.2, 0) is 0 Å². The molecule has 2 aromatic carbocycles. The summed E-state index contributed by atoms with van der Waals surface area (Å²) in [5.74, 6) is 0.926. The molecule has 0 amide bonds. The van der Waals surface area contributed by atoms with E-state index in [-0.39, 0.29) is 0 Å². The van der Waals surface area contributed by atoms with Crippen molar-refractivity contribution in [3.8, 4) is 11.4 Å². The predicted molar refractivity (Wildman–Crippen MR) is 83.6 cm³/mol. The van der Waals surface area contributed by atoms with Crippen molar-refractivity contribution < 1.29 is 0 Å². The molecule has 1 heterocycles. The molecular weight excluding hydrogens is 246 g/mol. The molecule has 0 saturated carbocycles. The Labute approximate surface area is 119 Å². The molecule has 3 aromatic rings. The van der Waals surface area contributed by atoms with E-state index in [1.165, 1.54) is 5.56 Å². The molecule has 3 rings (SSSR count). The number of H-pyrrole nitrogens is 1. The Morgan fingerprint density at radius 3 is 2.35 bits per heavy atom. The molecule has 102 valence electrons. The molecule has 0 bridgehead atoms. The highest BCUT2D eigenvalue weighted by molar-refractivity contribution is 5.79. The van der Waals surface area contributed by atoms with Crippen LogP contribution in [0.3, 0.4) is 0 Å². The number of para-hydroxylation sites is 2. The van der Waals surface area contributed by atoms with E-state index in [4.69, 9.17) is 0 Å². The minimum atomic E-state index is 0.416. The summed E-state index contributed by atoms with van der Waals surface area (Å²) in [5.41, 5.74) is 4.52. The van der Waals surface area contributed by atoms with Crippen molar-refractivity contribution in [2.24, 2.45) is 0 Å². The fraction of sp³-hybridized carbons (Fsp3) is 0.235. The maximum Gasteiger partial charge on any atom is 0.138 e. The highest BCUT2D eigenvalue weighted by atomic mass is 15.1. The Kier molecular flexibility index (Phi) is 3.28. The zero-order valence-corrected chi connectivity index (χ0v) is 12.1. The predicted octanol–water partition coefficient (Wildman–Crippen LogP) is 3.85. The number of rotatable bonds is 3. The third kappa shape index (κ3) is 2.32. The van der Waals surface area contributed by atoms with Crippen molar-refractivity contribution in [3.63, 3.8) is 0 Å². The van der Waals surface area contributed by atoms with Crippen LogP contribution in [0.2, 0.25) is 0 Å². The van der Waals surface area contributed by atoms with Crippen LogP contribution in [0.25, 0.3) is 22.4 Å². The van der Waals surface area contributed by atoms with E-state index >= 15 is 0 Å². The second-order valence-corrected chi connectivity index (χ2v) is 5.36. The first kappa shape index (κ1) is 12.9. The van der Waals surface area contributed by atoms with E-state index in [0.717, 1.165) is 22.4 Å². The van der Waals surface area contributed by atoms with Gasteiger partial charge in [0, 0.05) is 11.6 Å². The second-order valence-electron chi connectivity index (χ2n) is 5.36. The fourth-order valence-corrected chi connectivity index (χ4v) is 2.31. The monoisotopic (exact) mass is 265 g/mol. The van der Waals surface area contributed by atoms with Crippen LogP contribution in [-0.4, -0.2) is 29.0 Å². The molecule has 1 aromatic heterocycles. The minimum Gasteiger partial charge on any atom is -0.338 e. The number of benzene rings is 2. The summed E-state index contributed by atoms with van der Waals surface area (Å²) in [6, 6.07) is 17.1. The largest absolute Gasteiger partial charge is 0.338 e. The number of imidazole rings is 1. The third-order valence-electron chi connectivity index (χ3n) is 3.83. The average Bonchev–Trinajstić information content (AvgIpc) is 2.90. The van der Waals surface area contributed by atoms with E-state index in [2.05, 4.69) is 60.2 Å². The zero-order chi connectivity index (χ0) is 14.1. The first-order valence-electron chi connectivity index (χ1n) is 6.86. The topological polar surface area (TPSA) is 31.9 Å². The van der Waals surface area contributed by atoms with Crippen molar-refractivity contribution in [2.75, 3.05) is 14.1 Å². The Morgan fingerprint density at radius 2 is 1.70 bits per heavy atom. The van der Waals surface area contributed by atoms with E-state index in [1.807, 2.05) is 24.3 Å². The van der Waals surface area contributed by atoms with E-state index in [0.29, 0.717) is 6.04 Å². The van der Waals surface area contributed by atoms with Gasteiger partial charge in [-0.25, -0.2) is 4.98 Å². The SMILES string of the molecule is C[C@H](c1ccc(-c2nc3ccccc3[nH]2)cc1)N(C)C. The summed E-state index contributed by atoms with van der Waals surface area (Å²) in [7, 11) is 4.19. The summed E-state index contributed by atoms with van der Waals surface area (Å²) in [6.45, 7) is 2.20. The van der Waals surface area contributed by atoms with Crippen molar-refractivity contribution in [2.45, 2.75) is 13.0 Å². The number of aromatic amines is 1. The van der Waals surface area contributed by atoms with Crippen LogP contribution in [0.1, 0.15) is 18.5 Å². The van der Waals surface area contributed by atoms with Gasteiger partial charge in [0.1, 0.15) is 5.82 Å². The van der Waals surface area contributed by atoms with Gasteiger partial charge in [0.25, 0.3) is 0 Å². The van der Waals surface area contributed by atoms with Crippen LogP contribution >= 0.6 is 0 Å². The molecule has 0 aliphatic carbocycles. The van der Waals surface area contributed by atoms with Crippen LogP contribution in [0, 0.1) is 0 Å². The standard InChI is InChI=1S/C17H19N3/c1-12(20(2)3)13-8-10-14(11-9-13)17-18-15-6-4-5-7-16(15)19-17/h4-12H,1-3H3,(H,18,19)/t12-/m1/s1. The number of nitrogens with one attached hydrogen (secondary N) is 1. The molecular formula is C17H19N3.